The fourth-order valence-corrected chi connectivity index (χ4v) is 3.33. The van der Waals surface area contributed by atoms with Crippen molar-refractivity contribution in [2.45, 2.75) is 4.84 Å². The molecule has 6 heteroatoms. The minimum Gasteiger partial charge on any atom is -0.324 e. The number of anilines is 1. The fraction of sp³-hybridized carbons (Fsp3) is 0.0435. The van der Waals surface area contributed by atoms with E-state index < -0.39 is 10.7 Å². The largest absolute Gasteiger partial charge is 0.324 e. The second kappa shape index (κ2) is 10.8. The summed E-state index contributed by atoms with van der Waals surface area (Å²) in [6.45, 7) is 0. The summed E-state index contributed by atoms with van der Waals surface area (Å²) in [5.74, 6) is -0.440. The van der Waals surface area contributed by atoms with Crippen LogP contribution in [-0.2, 0) is 4.79 Å². The Morgan fingerprint density at radius 3 is 1.90 bits per heavy atom. The van der Waals surface area contributed by atoms with E-state index in [1.54, 1.807) is 0 Å². The maximum Gasteiger partial charge on any atom is 0.257 e. The van der Waals surface area contributed by atoms with Crippen LogP contribution in [0.15, 0.2) is 97.1 Å². The molecule has 4 rings (SSSR count). The zero-order chi connectivity index (χ0) is 20.5. The van der Waals surface area contributed by atoms with Gasteiger partial charge in [0.05, 0.1) is 10.6 Å². The van der Waals surface area contributed by atoms with E-state index in [0.717, 1.165) is 21.7 Å². The van der Waals surface area contributed by atoms with Crippen LogP contribution in [0.3, 0.4) is 0 Å². The second-order valence-electron chi connectivity index (χ2n) is 5.96. The van der Waals surface area contributed by atoms with Crippen molar-refractivity contribution < 1.29 is 4.79 Å². The van der Waals surface area contributed by atoms with Crippen molar-refractivity contribution in [3.05, 3.63) is 97.1 Å². The zero-order valence-electron chi connectivity index (χ0n) is 15.3. The first-order chi connectivity index (χ1) is 14.1. The van der Waals surface area contributed by atoms with Gasteiger partial charge in [0.1, 0.15) is 0 Å². The molecule has 1 aromatic heterocycles. The lowest BCUT2D eigenvalue weighted by Crippen LogP contribution is -2.18. The molecule has 146 valence electrons. The highest BCUT2D eigenvalue weighted by molar-refractivity contribution is 7.09. The quantitative estimate of drug-likeness (QED) is 0.350. The fourth-order valence-electron chi connectivity index (χ4n) is 2.46. The molecule has 0 aliphatic rings. The minimum atomic E-state index is -1.08. The number of nitrogens with one attached hydrogen (secondary N) is 1. The third-order valence-corrected chi connectivity index (χ3v) is 5.12. The van der Waals surface area contributed by atoms with Crippen LogP contribution in [0.25, 0.3) is 21.7 Å². The van der Waals surface area contributed by atoms with Crippen molar-refractivity contribution in [2.75, 3.05) is 5.32 Å². The van der Waals surface area contributed by atoms with Gasteiger partial charge in [-0.25, -0.2) is 0 Å². The third-order valence-electron chi connectivity index (χ3n) is 3.88. The summed E-state index contributed by atoms with van der Waals surface area (Å²) >= 11 is 12.5. The van der Waals surface area contributed by atoms with E-state index in [1.165, 1.54) is 11.5 Å². The summed E-state index contributed by atoms with van der Waals surface area (Å²) < 4.78 is 4.49. The van der Waals surface area contributed by atoms with E-state index in [9.17, 15) is 4.79 Å². The zero-order valence-corrected chi connectivity index (χ0v) is 17.7. The molecule has 0 bridgehead atoms. The Hall–Kier alpha value is -2.66. The molecule has 0 aliphatic carbocycles. The first kappa shape index (κ1) is 21.1. The maximum atomic E-state index is 11.4. The van der Waals surface area contributed by atoms with E-state index >= 15 is 0 Å². The van der Waals surface area contributed by atoms with Gasteiger partial charge < -0.3 is 5.32 Å². The first-order valence-corrected chi connectivity index (χ1v) is 10.5. The third kappa shape index (κ3) is 6.43. The van der Waals surface area contributed by atoms with Crippen LogP contribution in [0, 0.1) is 0 Å². The summed E-state index contributed by atoms with van der Waals surface area (Å²) in [7, 11) is 0. The molecule has 1 heterocycles. The van der Waals surface area contributed by atoms with Crippen LogP contribution >= 0.6 is 34.7 Å². The van der Waals surface area contributed by atoms with E-state index in [1.807, 2.05) is 91.0 Å². The number of hydrogen-bond donors (Lipinski definition) is 1. The Balaban J connectivity index is 0.000000343. The van der Waals surface area contributed by atoms with Gasteiger partial charge in [0.2, 0.25) is 0 Å². The summed E-state index contributed by atoms with van der Waals surface area (Å²) in [6, 6.07) is 31.6. The molecule has 0 atom stereocenters. The van der Waals surface area contributed by atoms with Gasteiger partial charge in [-0.15, -0.1) is 0 Å². The average Bonchev–Trinajstić information content (AvgIpc) is 3.27. The number of carbonyl (C=O) groups is 1. The molecule has 0 unspecified atom stereocenters. The molecular weight excluding hydrogens is 423 g/mol. The van der Waals surface area contributed by atoms with Crippen LogP contribution in [0.1, 0.15) is 0 Å². The number of rotatable bonds is 4. The number of amides is 1. The average molecular weight is 441 g/mol. The Morgan fingerprint density at radius 2 is 1.34 bits per heavy atom. The van der Waals surface area contributed by atoms with Crippen molar-refractivity contribution >= 4 is 46.3 Å². The van der Waals surface area contributed by atoms with Gasteiger partial charge in [-0.05, 0) is 35.3 Å². The standard InChI is InChI=1S/C17H12Cl2N2OS.C6H6/c18-16(19)17(22)20-13-8-6-12(7-9-13)15-10-14(21-23-15)11-4-2-1-3-5-11;1-2-4-6-5-3-1/h1-10,16H,(H,20,22);1-6H. The Labute approximate surface area is 184 Å². The Kier molecular flexibility index (Phi) is 7.82. The van der Waals surface area contributed by atoms with Crippen LogP contribution in [0.5, 0.6) is 0 Å². The monoisotopic (exact) mass is 440 g/mol. The van der Waals surface area contributed by atoms with Crippen LogP contribution in [0.4, 0.5) is 5.69 Å². The van der Waals surface area contributed by atoms with E-state index in [-0.39, 0.29) is 0 Å². The molecule has 29 heavy (non-hydrogen) atoms. The van der Waals surface area contributed by atoms with Crippen molar-refractivity contribution in [2.24, 2.45) is 0 Å². The molecule has 0 fully saturated rings. The summed E-state index contributed by atoms with van der Waals surface area (Å²) in [5, 5.41) is 2.64. The Morgan fingerprint density at radius 1 is 0.793 bits per heavy atom. The van der Waals surface area contributed by atoms with Crippen molar-refractivity contribution in [3.8, 4) is 21.7 Å². The van der Waals surface area contributed by atoms with Crippen LogP contribution < -0.4 is 5.32 Å². The molecule has 0 radical (unpaired) electrons. The second-order valence-corrected chi connectivity index (χ2v) is 7.87. The van der Waals surface area contributed by atoms with Crippen molar-refractivity contribution in [3.63, 3.8) is 0 Å². The van der Waals surface area contributed by atoms with Crippen LogP contribution in [-0.4, -0.2) is 15.1 Å². The van der Waals surface area contributed by atoms with Gasteiger partial charge in [0.15, 0.2) is 4.84 Å². The maximum absolute atomic E-state index is 11.4. The van der Waals surface area contributed by atoms with Crippen molar-refractivity contribution in [1.29, 1.82) is 0 Å². The molecule has 0 aliphatic heterocycles. The molecule has 0 saturated carbocycles. The van der Waals surface area contributed by atoms with Crippen LogP contribution in [0.2, 0.25) is 0 Å². The highest BCUT2D eigenvalue weighted by atomic mass is 35.5. The van der Waals surface area contributed by atoms with Gasteiger partial charge in [-0.3, -0.25) is 4.79 Å². The lowest BCUT2D eigenvalue weighted by atomic mass is 10.1. The van der Waals surface area contributed by atoms with Gasteiger partial charge in [-0.2, -0.15) is 4.37 Å². The smallest absolute Gasteiger partial charge is 0.257 e. The number of carbonyl (C=O) groups excluding carboxylic acids is 1. The first-order valence-electron chi connectivity index (χ1n) is 8.85. The van der Waals surface area contributed by atoms with Gasteiger partial charge in [0, 0.05) is 11.3 Å². The topological polar surface area (TPSA) is 42.0 Å². The number of aromatic nitrogens is 1. The SMILES string of the molecule is O=C(Nc1ccc(-c2cc(-c3ccccc3)ns2)cc1)C(Cl)Cl.c1ccccc1. The number of hydrogen-bond acceptors (Lipinski definition) is 3. The molecule has 1 N–H and O–H groups in total. The van der Waals surface area contributed by atoms with E-state index in [0.29, 0.717) is 5.69 Å². The number of benzene rings is 3. The molecule has 3 nitrogen and oxygen atoms in total. The lowest BCUT2D eigenvalue weighted by molar-refractivity contribution is -0.114. The number of halogens is 2. The molecule has 0 spiro atoms. The Bertz CT molecular complexity index is 993. The molecule has 4 aromatic rings. The molecular formula is C23H18Cl2N2OS. The van der Waals surface area contributed by atoms with E-state index in [2.05, 4.69) is 15.8 Å². The van der Waals surface area contributed by atoms with Crippen molar-refractivity contribution in [1.82, 2.24) is 4.37 Å². The molecule has 0 saturated heterocycles. The molecule has 3 aromatic carbocycles. The van der Waals surface area contributed by atoms with Gasteiger partial charge in [0.25, 0.3) is 5.91 Å². The summed E-state index contributed by atoms with van der Waals surface area (Å²) in [5.41, 5.74) is 3.73. The lowest BCUT2D eigenvalue weighted by Gasteiger charge is -2.05. The molecule has 1 amide bonds. The minimum absolute atomic E-state index is 0.440. The summed E-state index contributed by atoms with van der Waals surface area (Å²) in [4.78, 5) is 11.4. The number of alkyl halides is 2. The predicted molar refractivity (Wildman–Crippen MR) is 124 cm³/mol. The normalized spacial score (nSPS) is 10.2. The highest BCUT2D eigenvalue weighted by Crippen LogP contribution is 2.30. The van der Waals surface area contributed by atoms with Gasteiger partial charge in [-0.1, -0.05) is 102 Å². The van der Waals surface area contributed by atoms with Gasteiger partial charge >= 0.3 is 0 Å². The van der Waals surface area contributed by atoms with E-state index in [4.69, 9.17) is 23.2 Å². The summed E-state index contributed by atoms with van der Waals surface area (Å²) in [6.07, 6.45) is 0. The predicted octanol–water partition coefficient (Wildman–Crippen LogP) is 6.91. The number of nitrogens with zero attached hydrogens (tertiary/aromatic N) is 1. The highest BCUT2D eigenvalue weighted by Gasteiger charge is 2.11.